The average molecular weight is 405 g/mol. The molecule has 3 heterocycles. The lowest BCUT2D eigenvalue weighted by Gasteiger charge is -2.41. The Morgan fingerprint density at radius 1 is 1.26 bits per heavy atom. The third kappa shape index (κ3) is 2.92. The zero-order chi connectivity index (χ0) is 18.6. The van der Waals surface area contributed by atoms with Gasteiger partial charge in [0.15, 0.2) is 0 Å². The summed E-state index contributed by atoms with van der Waals surface area (Å²) in [6.07, 6.45) is 3.58. The first-order valence-corrected chi connectivity index (χ1v) is 11.0. The van der Waals surface area contributed by atoms with Crippen LogP contribution >= 0.6 is 11.6 Å². The second-order valence-corrected chi connectivity index (χ2v) is 9.58. The summed E-state index contributed by atoms with van der Waals surface area (Å²) in [6.45, 7) is 1.50. The number of nitrogens with one attached hydrogen (secondary N) is 1. The number of aromatic nitrogens is 2. The van der Waals surface area contributed by atoms with Gasteiger partial charge >= 0.3 is 0 Å². The topological polar surface area (TPSA) is 78.4 Å². The Kier molecular flexibility index (Phi) is 4.14. The number of halogens is 1. The maximum Gasteiger partial charge on any atom is 0.228 e. The Labute approximate surface area is 165 Å². The fourth-order valence-electron chi connectivity index (χ4n) is 4.09. The van der Waals surface area contributed by atoms with Crippen molar-refractivity contribution < 1.29 is 9.32 Å². The van der Waals surface area contributed by atoms with Gasteiger partial charge in [0.2, 0.25) is 5.95 Å². The quantitative estimate of drug-likeness (QED) is 0.815. The standard InChI is InChI=1S/C19H21ClN4O2S/c20-14-3-2-12-9-24(10-13(12)8-14)18-21-15-4-7-27(26)16(15)17(22-18)23-19(11-25)5-1-6-19/h2-3,8,25H,1,4-7,9-11H2,(H,21,22,23)/t27-/m0/s1. The van der Waals surface area contributed by atoms with E-state index in [0.717, 1.165) is 41.4 Å². The number of aliphatic hydroxyl groups excluding tert-OH is 1. The molecule has 0 spiro atoms. The van der Waals surface area contributed by atoms with Gasteiger partial charge in [0.05, 0.1) is 28.6 Å². The summed E-state index contributed by atoms with van der Waals surface area (Å²) >= 11 is 6.13. The van der Waals surface area contributed by atoms with Crippen LogP contribution in [0, 0.1) is 0 Å². The van der Waals surface area contributed by atoms with Crippen LogP contribution in [-0.2, 0) is 30.3 Å². The van der Waals surface area contributed by atoms with E-state index in [2.05, 4.69) is 10.2 Å². The molecule has 27 heavy (non-hydrogen) atoms. The lowest BCUT2D eigenvalue weighted by Crippen LogP contribution is -2.48. The van der Waals surface area contributed by atoms with Crippen LogP contribution in [0.25, 0.3) is 0 Å². The van der Waals surface area contributed by atoms with E-state index in [1.807, 2.05) is 18.2 Å². The summed E-state index contributed by atoms with van der Waals surface area (Å²) in [5.74, 6) is 1.87. The number of fused-ring (bicyclic) bond motifs is 2. The Bertz CT molecular complexity index is 942. The van der Waals surface area contributed by atoms with Crippen LogP contribution in [0.1, 0.15) is 36.1 Å². The second kappa shape index (κ2) is 6.43. The van der Waals surface area contributed by atoms with Gasteiger partial charge in [-0.25, -0.2) is 4.98 Å². The van der Waals surface area contributed by atoms with Crippen LogP contribution in [0.3, 0.4) is 0 Å². The molecule has 5 rings (SSSR count). The predicted octanol–water partition coefficient (Wildman–Crippen LogP) is 2.64. The number of hydrogen-bond donors (Lipinski definition) is 2. The van der Waals surface area contributed by atoms with Crippen LogP contribution in [0.15, 0.2) is 23.1 Å². The lowest BCUT2D eigenvalue weighted by atomic mass is 9.77. The molecule has 0 saturated heterocycles. The van der Waals surface area contributed by atoms with Crippen molar-refractivity contribution >= 4 is 34.2 Å². The molecule has 1 aromatic carbocycles. The van der Waals surface area contributed by atoms with Gasteiger partial charge in [0.25, 0.3) is 0 Å². The molecule has 1 atom stereocenters. The van der Waals surface area contributed by atoms with Gasteiger partial charge in [-0.15, -0.1) is 0 Å². The zero-order valence-corrected chi connectivity index (χ0v) is 16.4. The van der Waals surface area contributed by atoms with Crippen molar-refractivity contribution in [1.82, 2.24) is 9.97 Å². The molecule has 2 aliphatic heterocycles. The summed E-state index contributed by atoms with van der Waals surface area (Å²) < 4.78 is 12.5. The van der Waals surface area contributed by atoms with E-state index in [4.69, 9.17) is 21.6 Å². The molecule has 1 aliphatic carbocycles. The molecular formula is C19H21ClN4O2S. The normalized spacial score (nSPS) is 22.3. The first-order valence-electron chi connectivity index (χ1n) is 9.27. The van der Waals surface area contributed by atoms with Crippen LogP contribution in [-0.4, -0.2) is 37.2 Å². The van der Waals surface area contributed by atoms with Crippen LogP contribution in [0.5, 0.6) is 0 Å². The highest BCUT2D eigenvalue weighted by Gasteiger charge is 2.39. The maximum absolute atomic E-state index is 12.5. The third-order valence-electron chi connectivity index (χ3n) is 5.85. The van der Waals surface area contributed by atoms with E-state index < -0.39 is 10.8 Å². The van der Waals surface area contributed by atoms with Crippen molar-refractivity contribution in [2.75, 3.05) is 22.6 Å². The number of aryl methyl sites for hydroxylation is 1. The molecule has 8 heteroatoms. The summed E-state index contributed by atoms with van der Waals surface area (Å²) in [5.41, 5.74) is 2.94. The molecular weight excluding hydrogens is 384 g/mol. The second-order valence-electron chi connectivity index (χ2n) is 7.63. The van der Waals surface area contributed by atoms with E-state index in [0.29, 0.717) is 30.5 Å². The third-order valence-corrected chi connectivity index (χ3v) is 7.54. The SMILES string of the molecule is O=[S@]1CCc2nc(N3Cc4ccc(Cl)cc4C3)nc(NC3(CO)CCC3)c21. The van der Waals surface area contributed by atoms with Crippen molar-refractivity contribution in [3.63, 3.8) is 0 Å². The monoisotopic (exact) mass is 404 g/mol. The van der Waals surface area contributed by atoms with Gasteiger partial charge in [-0.05, 0) is 42.5 Å². The highest BCUT2D eigenvalue weighted by Crippen LogP contribution is 2.39. The van der Waals surface area contributed by atoms with Gasteiger partial charge in [-0.2, -0.15) is 4.98 Å². The highest BCUT2D eigenvalue weighted by atomic mass is 35.5. The number of benzene rings is 1. The molecule has 142 valence electrons. The van der Waals surface area contributed by atoms with E-state index in [1.54, 1.807) is 0 Å². The Hall–Kier alpha value is -1.70. The summed E-state index contributed by atoms with van der Waals surface area (Å²) in [4.78, 5) is 12.3. The van der Waals surface area contributed by atoms with Gasteiger partial charge in [-0.3, -0.25) is 4.21 Å². The molecule has 2 aromatic rings. The van der Waals surface area contributed by atoms with Crippen LogP contribution < -0.4 is 10.2 Å². The molecule has 0 amide bonds. The first kappa shape index (κ1) is 17.4. The van der Waals surface area contributed by atoms with E-state index >= 15 is 0 Å². The minimum absolute atomic E-state index is 0.0569. The maximum atomic E-state index is 12.5. The summed E-state index contributed by atoms with van der Waals surface area (Å²) in [7, 11) is -1.08. The van der Waals surface area contributed by atoms with Crippen LogP contribution in [0.4, 0.5) is 11.8 Å². The molecule has 6 nitrogen and oxygen atoms in total. The molecule has 1 fully saturated rings. The molecule has 2 N–H and O–H groups in total. The number of nitrogens with zero attached hydrogens (tertiary/aromatic N) is 3. The average Bonchev–Trinajstić information content (AvgIpc) is 3.21. The largest absolute Gasteiger partial charge is 0.394 e. The predicted molar refractivity (Wildman–Crippen MR) is 106 cm³/mol. The number of aliphatic hydroxyl groups is 1. The molecule has 1 saturated carbocycles. The van der Waals surface area contributed by atoms with Crippen molar-refractivity contribution in [2.45, 2.75) is 49.2 Å². The molecule has 3 aliphatic rings. The molecule has 0 unspecified atom stereocenters. The number of hydrogen-bond acceptors (Lipinski definition) is 6. The smallest absolute Gasteiger partial charge is 0.228 e. The minimum atomic E-state index is -1.08. The fourth-order valence-corrected chi connectivity index (χ4v) is 5.59. The lowest BCUT2D eigenvalue weighted by molar-refractivity contribution is 0.143. The van der Waals surface area contributed by atoms with Crippen molar-refractivity contribution in [2.24, 2.45) is 0 Å². The fraction of sp³-hybridized carbons (Fsp3) is 0.474. The number of anilines is 2. The Balaban J connectivity index is 1.51. The summed E-state index contributed by atoms with van der Waals surface area (Å²) in [5, 5.41) is 14.0. The van der Waals surface area contributed by atoms with Crippen LogP contribution in [0.2, 0.25) is 5.02 Å². The first-order chi connectivity index (χ1) is 13.1. The molecule has 1 aromatic heterocycles. The van der Waals surface area contributed by atoms with Crippen molar-refractivity contribution in [1.29, 1.82) is 0 Å². The minimum Gasteiger partial charge on any atom is -0.394 e. The Morgan fingerprint density at radius 2 is 2.07 bits per heavy atom. The van der Waals surface area contributed by atoms with Gasteiger partial charge in [-0.1, -0.05) is 17.7 Å². The zero-order valence-electron chi connectivity index (χ0n) is 14.9. The van der Waals surface area contributed by atoms with E-state index in [-0.39, 0.29) is 12.1 Å². The summed E-state index contributed by atoms with van der Waals surface area (Å²) in [6, 6.07) is 5.95. The number of rotatable bonds is 4. The van der Waals surface area contributed by atoms with Crippen molar-refractivity contribution in [3.8, 4) is 0 Å². The van der Waals surface area contributed by atoms with E-state index in [1.165, 1.54) is 11.1 Å². The van der Waals surface area contributed by atoms with Gasteiger partial charge in [0.1, 0.15) is 10.7 Å². The molecule has 0 radical (unpaired) electrons. The highest BCUT2D eigenvalue weighted by molar-refractivity contribution is 7.85. The van der Waals surface area contributed by atoms with Crippen molar-refractivity contribution in [3.05, 3.63) is 40.0 Å². The van der Waals surface area contributed by atoms with Gasteiger partial charge < -0.3 is 15.3 Å². The Morgan fingerprint density at radius 3 is 2.81 bits per heavy atom. The molecule has 0 bridgehead atoms. The van der Waals surface area contributed by atoms with Gasteiger partial charge in [0, 0.05) is 30.3 Å². The van der Waals surface area contributed by atoms with E-state index in [9.17, 15) is 9.32 Å².